The van der Waals surface area contributed by atoms with Gasteiger partial charge >= 0.3 is 0 Å². The number of aromatic nitrogens is 3. The Kier molecular flexibility index (Phi) is 4.46. The monoisotopic (exact) mass is 345 g/mol. The lowest BCUT2D eigenvalue weighted by molar-refractivity contribution is 0.457. The van der Waals surface area contributed by atoms with Crippen molar-refractivity contribution in [3.05, 3.63) is 63.9 Å². The van der Waals surface area contributed by atoms with Gasteiger partial charge in [-0.15, -0.1) is 0 Å². The Balaban J connectivity index is 2.01. The SMILES string of the molecule is Cc1nc(-c2ccccn2)nc(Oc2ccc(Cl)c(Cl)c2)c1C. The number of hydrogen-bond acceptors (Lipinski definition) is 4. The first-order chi connectivity index (χ1) is 11.0. The third-order valence-electron chi connectivity index (χ3n) is 3.34. The van der Waals surface area contributed by atoms with E-state index in [1.54, 1.807) is 24.4 Å². The first-order valence-corrected chi connectivity index (χ1v) is 7.70. The zero-order valence-corrected chi connectivity index (χ0v) is 14.1. The van der Waals surface area contributed by atoms with E-state index in [1.165, 1.54) is 0 Å². The molecule has 0 saturated heterocycles. The van der Waals surface area contributed by atoms with Gasteiger partial charge in [0.05, 0.1) is 10.0 Å². The molecule has 0 spiro atoms. The summed E-state index contributed by atoms with van der Waals surface area (Å²) >= 11 is 11.9. The minimum Gasteiger partial charge on any atom is -0.439 e. The van der Waals surface area contributed by atoms with Gasteiger partial charge in [0.1, 0.15) is 11.4 Å². The largest absolute Gasteiger partial charge is 0.439 e. The van der Waals surface area contributed by atoms with Crippen LogP contribution in [0.4, 0.5) is 0 Å². The molecule has 2 heterocycles. The molecule has 0 aliphatic rings. The Morgan fingerprint density at radius 3 is 2.48 bits per heavy atom. The van der Waals surface area contributed by atoms with Gasteiger partial charge < -0.3 is 4.74 Å². The van der Waals surface area contributed by atoms with E-state index >= 15 is 0 Å². The lowest BCUT2D eigenvalue weighted by Gasteiger charge is -2.11. The number of aryl methyl sites for hydroxylation is 1. The molecule has 116 valence electrons. The van der Waals surface area contributed by atoms with E-state index in [0.717, 1.165) is 11.3 Å². The molecule has 3 rings (SSSR count). The number of halogens is 2. The Labute approximate surface area is 144 Å². The molecule has 0 bridgehead atoms. The van der Waals surface area contributed by atoms with E-state index < -0.39 is 0 Å². The van der Waals surface area contributed by atoms with E-state index in [2.05, 4.69) is 15.0 Å². The lowest BCUT2D eigenvalue weighted by Crippen LogP contribution is -2.01. The van der Waals surface area contributed by atoms with Crippen molar-refractivity contribution in [3.8, 4) is 23.1 Å². The van der Waals surface area contributed by atoms with Crippen LogP contribution in [0.25, 0.3) is 11.5 Å². The number of ether oxygens (including phenoxy) is 1. The minimum absolute atomic E-state index is 0.428. The van der Waals surface area contributed by atoms with Crippen molar-refractivity contribution in [2.45, 2.75) is 13.8 Å². The van der Waals surface area contributed by atoms with E-state index in [1.807, 2.05) is 32.0 Å². The van der Waals surface area contributed by atoms with E-state index in [-0.39, 0.29) is 0 Å². The van der Waals surface area contributed by atoms with Crippen molar-refractivity contribution in [3.63, 3.8) is 0 Å². The van der Waals surface area contributed by atoms with Crippen LogP contribution >= 0.6 is 23.2 Å². The average molecular weight is 346 g/mol. The summed E-state index contributed by atoms with van der Waals surface area (Å²) in [7, 11) is 0. The first-order valence-electron chi connectivity index (χ1n) is 6.94. The summed E-state index contributed by atoms with van der Waals surface area (Å²) in [6.45, 7) is 3.82. The first kappa shape index (κ1) is 15.7. The zero-order chi connectivity index (χ0) is 16.4. The number of pyridine rings is 1. The fourth-order valence-electron chi connectivity index (χ4n) is 1.96. The van der Waals surface area contributed by atoms with Crippen molar-refractivity contribution in [1.82, 2.24) is 15.0 Å². The quantitative estimate of drug-likeness (QED) is 0.649. The molecule has 3 aromatic rings. The molecule has 0 N–H and O–H groups in total. The van der Waals surface area contributed by atoms with Crippen molar-refractivity contribution in [2.24, 2.45) is 0 Å². The molecule has 0 aliphatic heterocycles. The van der Waals surface area contributed by atoms with Crippen molar-refractivity contribution < 1.29 is 4.74 Å². The van der Waals surface area contributed by atoms with Gasteiger partial charge in [-0.3, -0.25) is 4.98 Å². The molecule has 0 aliphatic carbocycles. The summed E-state index contributed by atoms with van der Waals surface area (Å²) < 4.78 is 5.87. The van der Waals surface area contributed by atoms with E-state index in [4.69, 9.17) is 27.9 Å². The van der Waals surface area contributed by atoms with Crippen molar-refractivity contribution >= 4 is 23.2 Å². The zero-order valence-electron chi connectivity index (χ0n) is 12.5. The van der Waals surface area contributed by atoms with Crippen LogP contribution in [-0.2, 0) is 0 Å². The predicted molar refractivity (Wildman–Crippen MR) is 91.3 cm³/mol. The van der Waals surface area contributed by atoms with Gasteiger partial charge in [0.25, 0.3) is 0 Å². The summed E-state index contributed by atoms with van der Waals surface area (Å²) in [6, 6.07) is 10.7. The normalized spacial score (nSPS) is 10.6. The highest BCUT2D eigenvalue weighted by molar-refractivity contribution is 6.42. The molecule has 0 radical (unpaired) electrons. The number of hydrogen-bond donors (Lipinski definition) is 0. The Morgan fingerprint density at radius 1 is 0.957 bits per heavy atom. The van der Waals surface area contributed by atoms with E-state index in [0.29, 0.717) is 33.2 Å². The number of benzene rings is 1. The van der Waals surface area contributed by atoms with Gasteiger partial charge in [-0.2, -0.15) is 4.98 Å². The van der Waals surface area contributed by atoms with Crippen LogP contribution in [0.15, 0.2) is 42.6 Å². The highest BCUT2D eigenvalue weighted by Crippen LogP contribution is 2.31. The summed E-state index contributed by atoms with van der Waals surface area (Å²) in [5.74, 6) is 1.55. The Hall–Kier alpha value is -2.17. The Morgan fingerprint density at radius 2 is 1.78 bits per heavy atom. The lowest BCUT2D eigenvalue weighted by atomic mass is 10.2. The van der Waals surface area contributed by atoms with Crippen LogP contribution < -0.4 is 4.74 Å². The molecular weight excluding hydrogens is 333 g/mol. The second-order valence-electron chi connectivity index (χ2n) is 4.96. The molecule has 0 atom stereocenters. The summed E-state index contributed by atoms with van der Waals surface area (Å²) in [6.07, 6.45) is 1.70. The predicted octanol–water partition coefficient (Wildman–Crippen LogP) is 5.25. The van der Waals surface area contributed by atoms with Crippen LogP contribution in [-0.4, -0.2) is 15.0 Å². The number of nitrogens with zero attached hydrogens (tertiary/aromatic N) is 3. The molecule has 0 fully saturated rings. The summed E-state index contributed by atoms with van der Waals surface area (Å²) in [5.41, 5.74) is 2.38. The van der Waals surface area contributed by atoms with Crippen LogP contribution in [0.1, 0.15) is 11.3 Å². The fraction of sp³-hybridized carbons (Fsp3) is 0.118. The van der Waals surface area contributed by atoms with Crippen LogP contribution in [0, 0.1) is 13.8 Å². The maximum Gasteiger partial charge on any atom is 0.226 e. The smallest absolute Gasteiger partial charge is 0.226 e. The van der Waals surface area contributed by atoms with Crippen LogP contribution in [0.3, 0.4) is 0 Å². The third-order valence-corrected chi connectivity index (χ3v) is 4.08. The van der Waals surface area contributed by atoms with E-state index in [9.17, 15) is 0 Å². The molecule has 0 unspecified atom stereocenters. The molecule has 23 heavy (non-hydrogen) atoms. The molecule has 0 saturated carbocycles. The summed E-state index contributed by atoms with van der Waals surface area (Å²) in [5, 5.41) is 0.904. The maximum atomic E-state index is 6.02. The maximum absolute atomic E-state index is 6.02. The third kappa shape index (κ3) is 3.44. The van der Waals surface area contributed by atoms with Crippen molar-refractivity contribution in [2.75, 3.05) is 0 Å². The second-order valence-corrected chi connectivity index (χ2v) is 5.77. The molecule has 2 aromatic heterocycles. The molecule has 4 nitrogen and oxygen atoms in total. The molecule has 0 amide bonds. The highest BCUT2D eigenvalue weighted by Gasteiger charge is 2.13. The van der Waals surface area contributed by atoms with Crippen LogP contribution in [0.5, 0.6) is 11.6 Å². The minimum atomic E-state index is 0.428. The number of rotatable bonds is 3. The van der Waals surface area contributed by atoms with Gasteiger partial charge in [0.2, 0.25) is 5.88 Å². The second kappa shape index (κ2) is 6.52. The summed E-state index contributed by atoms with van der Waals surface area (Å²) in [4.78, 5) is 13.2. The Bertz CT molecular complexity index is 854. The fourth-order valence-corrected chi connectivity index (χ4v) is 2.25. The molecular formula is C17H13Cl2N3O. The standard InChI is InChI=1S/C17H13Cl2N3O/c1-10-11(2)21-16(15-5-3-4-8-20-15)22-17(10)23-12-6-7-13(18)14(19)9-12/h3-9H,1-2H3. The van der Waals surface area contributed by atoms with Gasteiger partial charge in [-0.05, 0) is 38.1 Å². The van der Waals surface area contributed by atoms with Gasteiger partial charge in [-0.1, -0.05) is 29.3 Å². The van der Waals surface area contributed by atoms with Gasteiger partial charge in [-0.25, -0.2) is 4.98 Å². The van der Waals surface area contributed by atoms with Crippen molar-refractivity contribution in [1.29, 1.82) is 0 Å². The average Bonchev–Trinajstić information content (AvgIpc) is 2.56. The van der Waals surface area contributed by atoms with Gasteiger partial charge in [0.15, 0.2) is 5.82 Å². The van der Waals surface area contributed by atoms with Crippen LogP contribution in [0.2, 0.25) is 10.0 Å². The topological polar surface area (TPSA) is 47.9 Å². The van der Waals surface area contributed by atoms with Gasteiger partial charge in [0, 0.05) is 23.5 Å². The molecule has 6 heteroatoms. The molecule has 1 aromatic carbocycles. The highest BCUT2D eigenvalue weighted by atomic mass is 35.5.